The number of hydrogen-bond acceptors (Lipinski definition) is 1. The van der Waals surface area contributed by atoms with Crippen LogP contribution in [0.15, 0.2) is 18.2 Å². The van der Waals surface area contributed by atoms with Gasteiger partial charge in [0.25, 0.3) is 0 Å². The normalized spacial score (nSPS) is 11.8. The molecule has 0 bridgehead atoms. The van der Waals surface area contributed by atoms with Gasteiger partial charge < -0.3 is 5.73 Å². The molecule has 0 radical (unpaired) electrons. The minimum atomic E-state index is -0.785. The zero-order chi connectivity index (χ0) is 12.2. The van der Waals surface area contributed by atoms with Crippen LogP contribution in [0.1, 0.15) is 38.7 Å². The second-order valence-corrected chi connectivity index (χ2v) is 4.94. The highest BCUT2D eigenvalue weighted by Gasteiger charge is 2.09. The Kier molecular flexibility index (Phi) is 4.42. The van der Waals surface area contributed by atoms with Crippen LogP contribution in [-0.4, -0.2) is 5.54 Å². The molecule has 16 heavy (non-hydrogen) atoms. The zero-order valence-electron chi connectivity index (χ0n) is 9.89. The Labute approximate surface area is 95.7 Å². The van der Waals surface area contributed by atoms with Crippen LogP contribution in [0.5, 0.6) is 0 Å². The molecule has 0 atom stereocenters. The first kappa shape index (κ1) is 13.1. The lowest BCUT2D eigenvalue weighted by atomic mass is 9.97. The summed E-state index contributed by atoms with van der Waals surface area (Å²) in [6, 6.07) is 4.08. The van der Waals surface area contributed by atoms with E-state index in [4.69, 9.17) is 5.73 Å². The van der Waals surface area contributed by atoms with Gasteiger partial charge in [-0.2, -0.15) is 0 Å². The summed E-state index contributed by atoms with van der Waals surface area (Å²) in [5.41, 5.74) is 6.55. The van der Waals surface area contributed by atoms with Gasteiger partial charge in [0.15, 0.2) is 11.6 Å². The minimum Gasteiger partial charge on any atom is -0.326 e. The number of benzene rings is 1. The standard InChI is InChI=1S/C13H19F2N/c1-13(2,16)8-4-3-5-10-6-7-11(14)12(15)9-10/h6-7,9H,3-5,8,16H2,1-2H3. The van der Waals surface area contributed by atoms with E-state index in [0.717, 1.165) is 31.2 Å². The van der Waals surface area contributed by atoms with E-state index in [-0.39, 0.29) is 5.54 Å². The van der Waals surface area contributed by atoms with E-state index in [9.17, 15) is 8.78 Å². The van der Waals surface area contributed by atoms with Crippen molar-refractivity contribution in [2.45, 2.75) is 45.1 Å². The van der Waals surface area contributed by atoms with Crippen molar-refractivity contribution in [3.8, 4) is 0 Å². The van der Waals surface area contributed by atoms with Crippen molar-refractivity contribution in [1.82, 2.24) is 0 Å². The van der Waals surface area contributed by atoms with Crippen LogP contribution in [0, 0.1) is 11.6 Å². The molecule has 1 rings (SSSR count). The lowest BCUT2D eigenvalue weighted by Gasteiger charge is -2.17. The molecule has 0 heterocycles. The summed E-state index contributed by atoms with van der Waals surface area (Å²) in [7, 11) is 0. The molecular formula is C13H19F2N. The van der Waals surface area contributed by atoms with Crippen molar-refractivity contribution in [2.24, 2.45) is 5.73 Å². The van der Waals surface area contributed by atoms with Crippen molar-refractivity contribution >= 4 is 0 Å². The fraction of sp³-hybridized carbons (Fsp3) is 0.538. The molecule has 0 fully saturated rings. The first-order chi connectivity index (χ1) is 7.38. The molecule has 0 aliphatic rings. The molecule has 0 aliphatic carbocycles. The van der Waals surface area contributed by atoms with Crippen molar-refractivity contribution in [1.29, 1.82) is 0 Å². The van der Waals surface area contributed by atoms with E-state index in [1.807, 2.05) is 13.8 Å². The van der Waals surface area contributed by atoms with Gasteiger partial charge in [0.2, 0.25) is 0 Å². The summed E-state index contributed by atoms with van der Waals surface area (Å²) >= 11 is 0. The van der Waals surface area contributed by atoms with E-state index in [2.05, 4.69) is 0 Å². The van der Waals surface area contributed by atoms with Gasteiger partial charge in [-0.05, 0) is 50.8 Å². The predicted octanol–water partition coefficient (Wildman–Crippen LogP) is 3.41. The van der Waals surface area contributed by atoms with E-state index < -0.39 is 11.6 Å². The summed E-state index contributed by atoms with van der Waals surface area (Å²) in [5.74, 6) is -1.55. The van der Waals surface area contributed by atoms with Crippen molar-refractivity contribution in [3.05, 3.63) is 35.4 Å². The predicted molar refractivity (Wildman–Crippen MR) is 62.2 cm³/mol. The van der Waals surface area contributed by atoms with Gasteiger partial charge in [-0.15, -0.1) is 0 Å². The van der Waals surface area contributed by atoms with Gasteiger partial charge in [-0.25, -0.2) is 8.78 Å². The Balaban J connectivity index is 2.35. The van der Waals surface area contributed by atoms with Crippen molar-refractivity contribution in [3.63, 3.8) is 0 Å². The third kappa shape index (κ3) is 4.71. The van der Waals surface area contributed by atoms with Crippen LogP contribution in [0.25, 0.3) is 0 Å². The number of nitrogens with two attached hydrogens (primary N) is 1. The second kappa shape index (κ2) is 5.39. The zero-order valence-corrected chi connectivity index (χ0v) is 9.89. The van der Waals surface area contributed by atoms with E-state index in [1.54, 1.807) is 6.07 Å². The van der Waals surface area contributed by atoms with Gasteiger partial charge in [0.1, 0.15) is 0 Å². The quantitative estimate of drug-likeness (QED) is 0.766. The minimum absolute atomic E-state index is 0.145. The summed E-state index contributed by atoms with van der Waals surface area (Å²) < 4.78 is 25.5. The third-order valence-corrected chi connectivity index (χ3v) is 2.52. The van der Waals surface area contributed by atoms with Crippen LogP contribution >= 0.6 is 0 Å². The maximum atomic E-state index is 12.9. The largest absolute Gasteiger partial charge is 0.326 e. The Morgan fingerprint density at radius 2 is 1.81 bits per heavy atom. The monoisotopic (exact) mass is 227 g/mol. The average Bonchev–Trinajstić information content (AvgIpc) is 2.17. The molecule has 0 aliphatic heterocycles. The van der Waals surface area contributed by atoms with Gasteiger partial charge in [-0.3, -0.25) is 0 Å². The molecule has 1 aromatic rings. The van der Waals surface area contributed by atoms with E-state index in [0.29, 0.717) is 0 Å². The number of aryl methyl sites for hydroxylation is 1. The Bertz CT molecular complexity index is 342. The SMILES string of the molecule is CC(C)(N)CCCCc1ccc(F)c(F)c1. The molecule has 0 saturated carbocycles. The third-order valence-electron chi connectivity index (χ3n) is 2.52. The number of hydrogen-bond donors (Lipinski definition) is 1. The van der Waals surface area contributed by atoms with Crippen LogP contribution < -0.4 is 5.73 Å². The Morgan fingerprint density at radius 3 is 2.38 bits per heavy atom. The number of rotatable bonds is 5. The van der Waals surface area contributed by atoms with Crippen molar-refractivity contribution < 1.29 is 8.78 Å². The highest BCUT2D eigenvalue weighted by Crippen LogP contribution is 2.14. The van der Waals surface area contributed by atoms with Crippen molar-refractivity contribution in [2.75, 3.05) is 0 Å². The molecule has 2 N–H and O–H groups in total. The molecule has 0 aromatic heterocycles. The van der Waals surface area contributed by atoms with E-state index in [1.165, 1.54) is 12.1 Å². The van der Waals surface area contributed by atoms with Gasteiger partial charge in [0.05, 0.1) is 0 Å². The average molecular weight is 227 g/mol. The number of unbranched alkanes of at least 4 members (excludes halogenated alkanes) is 1. The van der Waals surface area contributed by atoms with Gasteiger partial charge >= 0.3 is 0 Å². The van der Waals surface area contributed by atoms with Crippen LogP contribution in [0.3, 0.4) is 0 Å². The van der Waals surface area contributed by atoms with Crippen LogP contribution in [-0.2, 0) is 6.42 Å². The Morgan fingerprint density at radius 1 is 1.12 bits per heavy atom. The summed E-state index contributed by atoms with van der Waals surface area (Å²) in [6.07, 6.45) is 3.66. The summed E-state index contributed by atoms with van der Waals surface area (Å²) in [6.45, 7) is 3.98. The Hall–Kier alpha value is -0.960. The molecule has 1 nitrogen and oxygen atoms in total. The molecule has 0 saturated heterocycles. The topological polar surface area (TPSA) is 26.0 Å². The lowest BCUT2D eigenvalue weighted by Crippen LogP contribution is -2.31. The smallest absolute Gasteiger partial charge is 0.159 e. The van der Waals surface area contributed by atoms with Gasteiger partial charge in [0, 0.05) is 5.54 Å². The molecule has 0 amide bonds. The highest BCUT2D eigenvalue weighted by molar-refractivity contribution is 5.17. The van der Waals surface area contributed by atoms with Crippen LogP contribution in [0.4, 0.5) is 8.78 Å². The molecule has 0 spiro atoms. The second-order valence-electron chi connectivity index (χ2n) is 4.94. The summed E-state index contributed by atoms with van der Waals surface area (Å²) in [4.78, 5) is 0. The molecule has 3 heteroatoms. The summed E-state index contributed by atoms with van der Waals surface area (Å²) in [5, 5.41) is 0. The highest BCUT2D eigenvalue weighted by atomic mass is 19.2. The fourth-order valence-corrected chi connectivity index (χ4v) is 1.60. The lowest BCUT2D eigenvalue weighted by molar-refractivity contribution is 0.450. The fourth-order valence-electron chi connectivity index (χ4n) is 1.60. The maximum Gasteiger partial charge on any atom is 0.159 e. The van der Waals surface area contributed by atoms with Crippen LogP contribution in [0.2, 0.25) is 0 Å². The first-order valence-corrected chi connectivity index (χ1v) is 5.61. The maximum absolute atomic E-state index is 12.9. The molecule has 1 aromatic carbocycles. The van der Waals surface area contributed by atoms with Gasteiger partial charge in [-0.1, -0.05) is 12.5 Å². The molecule has 90 valence electrons. The molecular weight excluding hydrogens is 208 g/mol. The van der Waals surface area contributed by atoms with E-state index >= 15 is 0 Å². The molecule has 0 unspecified atom stereocenters. The number of halogens is 2. The first-order valence-electron chi connectivity index (χ1n) is 5.61.